The summed E-state index contributed by atoms with van der Waals surface area (Å²) in [6.07, 6.45) is 5.06. The minimum absolute atomic E-state index is 0.130. The van der Waals surface area contributed by atoms with E-state index in [1.807, 2.05) is 9.80 Å². The Labute approximate surface area is 114 Å². The summed E-state index contributed by atoms with van der Waals surface area (Å²) in [6.45, 7) is 4.24. The van der Waals surface area contributed by atoms with Gasteiger partial charge in [-0.3, -0.25) is 9.59 Å². The van der Waals surface area contributed by atoms with E-state index in [2.05, 4.69) is 5.32 Å². The van der Waals surface area contributed by atoms with Gasteiger partial charge in [0.1, 0.15) is 0 Å². The summed E-state index contributed by atoms with van der Waals surface area (Å²) in [7, 11) is 0. The molecule has 19 heavy (non-hydrogen) atoms. The summed E-state index contributed by atoms with van der Waals surface area (Å²) in [4.78, 5) is 28.3. The number of piperazine rings is 1. The van der Waals surface area contributed by atoms with Crippen LogP contribution in [-0.2, 0) is 9.59 Å². The highest BCUT2D eigenvalue weighted by Crippen LogP contribution is 2.30. The quantitative estimate of drug-likeness (QED) is 0.790. The molecule has 2 saturated heterocycles. The van der Waals surface area contributed by atoms with Crippen LogP contribution in [0.1, 0.15) is 32.1 Å². The van der Waals surface area contributed by atoms with Crippen LogP contribution in [0.5, 0.6) is 0 Å². The number of likely N-dealkylation sites (tertiary alicyclic amines) is 1. The van der Waals surface area contributed by atoms with Crippen LogP contribution in [0.3, 0.4) is 0 Å². The Morgan fingerprint density at radius 3 is 2.63 bits per heavy atom. The first-order valence-corrected chi connectivity index (χ1v) is 7.54. The van der Waals surface area contributed by atoms with Crippen LogP contribution < -0.4 is 5.32 Å². The van der Waals surface area contributed by atoms with Crippen LogP contribution in [0.2, 0.25) is 0 Å². The number of carbonyl (C=O) groups excluding carboxylic acids is 2. The number of carbonyl (C=O) groups is 2. The molecule has 5 heteroatoms. The Hall–Kier alpha value is -1.10. The Kier molecular flexibility index (Phi) is 3.73. The smallest absolute Gasteiger partial charge is 0.240 e. The van der Waals surface area contributed by atoms with Gasteiger partial charge in [-0.05, 0) is 31.6 Å². The van der Waals surface area contributed by atoms with E-state index >= 15 is 0 Å². The lowest BCUT2D eigenvalue weighted by molar-refractivity contribution is -0.140. The van der Waals surface area contributed by atoms with Crippen molar-refractivity contribution in [3.05, 3.63) is 0 Å². The van der Waals surface area contributed by atoms with E-state index in [-0.39, 0.29) is 17.9 Å². The average molecular weight is 265 g/mol. The van der Waals surface area contributed by atoms with Crippen molar-refractivity contribution < 1.29 is 9.59 Å². The predicted molar refractivity (Wildman–Crippen MR) is 71.5 cm³/mol. The maximum absolute atomic E-state index is 12.3. The molecule has 0 bridgehead atoms. The van der Waals surface area contributed by atoms with Crippen molar-refractivity contribution in [1.29, 1.82) is 0 Å². The number of hydrogen-bond donors (Lipinski definition) is 1. The van der Waals surface area contributed by atoms with Gasteiger partial charge in [0.05, 0.1) is 12.5 Å². The highest BCUT2D eigenvalue weighted by Gasteiger charge is 2.34. The minimum Gasteiger partial charge on any atom is -0.343 e. The second-order valence-corrected chi connectivity index (χ2v) is 6.03. The lowest BCUT2D eigenvalue weighted by Crippen LogP contribution is -2.56. The lowest BCUT2D eigenvalue weighted by atomic mass is 10.1. The molecule has 1 atom stereocenters. The van der Waals surface area contributed by atoms with Gasteiger partial charge in [-0.2, -0.15) is 0 Å². The minimum atomic E-state index is -0.291. The molecule has 2 aliphatic heterocycles. The molecule has 3 fully saturated rings. The van der Waals surface area contributed by atoms with Gasteiger partial charge in [0.15, 0.2) is 0 Å². The zero-order valence-electron chi connectivity index (χ0n) is 11.4. The van der Waals surface area contributed by atoms with Gasteiger partial charge in [0, 0.05) is 32.7 Å². The molecule has 2 amide bonds. The van der Waals surface area contributed by atoms with Crippen LogP contribution >= 0.6 is 0 Å². The van der Waals surface area contributed by atoms with Gasteiger partial charge in [0.2, 0.25) is 11.8 Å². The first-order valence-electron chi connectivity index (χ1n) is 7.54. The van der Waals surface area contributed by atoms with Gasteiger partial charge < -0.3 is 15.1 Å². The molecule has 106 valence electrons. The molecule has 1 N–H and O–H groups in total. The van der Waals surface area contributed by atoms with E-state index in [1.54, 1.807) is 0 Å². The third-order valence-corrected chi connectivity index (χ3v) is 4.40. The van der Waals surface area contributed by atoms with E-state index in [0.717, 1.165) is 51.5 Å². The molecule has 3 aliphatic rings. The Balaban J connectivity index is 1.53. The second kappa shape index (κ2) is 5.49. The van der Waals surface area contributed by atoms with Crippen molar-refractivity contribution in [3.63, 3.8) is 0 Å². The fourth-order valence-electron chi connectivity index (χ4n) is 3.01. The molecule has 1 aliphatic carbocycles. The molecule has 2 heterocycles. The molecular formula is C14H23N3O2. The summed E-state index contributed by atoms with van der Waals surface area (Å²) in [6, 6.07) is -0.291. The molecule has 0 aromatic rings. The number of nitrogens with zero attached hydrogens (tertiary/aromatic N) is 2. The molecule has 3 rings (SSSR count). The summed E-state index contributed by atoms with van der Waals surface area (Å²) in [5, 5.41) is 3.21. The highest BCUT2D eigenvalue weighted by molar-refractivity contribution is 5.89. The highest BCUT2D eigenvalue weighted by atomic mass is 16.2. The number of nitrogens with one attached hydrogen (secondary N) is 1. The van der Waals surface area contributed by atoms with E-state index in [9.17, 15) is 9.59 Å². The van der Waals surface area contributed by atoms with Crippen LogP contribution in [0.25, 0.3) is 0 Å². The van der Waals surface area contributed by atoms with Crippen molar-refractivity contribution in [2.24, 2.45) is 5.92 Å². The van der Waals surface area contributed by atoms with E-state index in [0.29, 0.717) is 6.42 Å². The first kappa shape index (κ1) is 12.9. The van der Waals surface area contributed by atoms with Crippen molar-refractivity contribution in [3.8, 4) is 0 Å². The van der Waals surface area contributed by atoms with E-state index in [4.69, 9.17) is 0 Å². The van der Waals surface area contributed by atoms with Gasteiger partial charge >= 0.3 is 0 Å². The standard InChI is InChI=1S/C14H23N3O2/c18-13(16-6-1-2-7-16)9-12-14(19)17(8-5-15-12)10-11-3-4-11/h11-12,15H,1-10H2. The van der Waals surface area contributed by atoms with Gasteiger partial charge in [-0.25, -0.2) is 0 Å². The van der Waals surface area contributed by atoms with Crippen LogP contribution in [0.15, 0.2) is 0 Å². The number of rotatable bonds is 4. The van der Waals surface area contributed by atoms with Crippen LogP contribution in [0, 0.1) is 5.92 Å². The summed E-state index contributed by atoms with van der Waals surface area (Å²) in [5.41, 5.74) is 0. The molecule has 0 aromatic carbocycles. The molecular weight excluding hydrogens is 242 g/mol. The van der Waals surface area contributed by atoms with E-state index < -0.39 is 0 Å². The normalized spacial score (nSPS) is 28.0. The number of hydrogen-bond acceptors (Lipinski definition) is 3. The first-order chi connectivity index (χ1) is 9.24. The molecule has 0 radical (unpaired) electrons. The monoisotopic (exact) mass is 265 g/mol. The molecule has 0 aromatic heterocycles. The van der Waals surface area contributed by atoms with Crippen molar-refractivity contribution in [1.82, 2.24) is 15.1 Å². The molecule has 0 spiro atoms. The zero-order chi connectivity index (χ0) is 13.2. The Bertz CT molecular complexity index is 362. The molecule has 1 unspecified atom stereocenters. The fraction of sp³-hybridized carbons (Fsp3) is 0.857. The van der Waals surface area contributed by atoms with Crippen molar-refractivity contribution >= 4 is 11.8 Å². The van der Waals surface area contributed by atoms with Crippen LogP contribution in [0.4, 0.5) is 0 Å². The van der Waals surface area contributed by atoms with Crippen molar-refractivity contribution in [2.75, 3.05) is 32.7 Å². The predicted octanol–water partition coefficient (Wildman–Crippen LogP) is 0.209. The maximum atomic E-state index is 12.3. The molecule has 5 nitrogen and oxygen atoms in total. The number of amides is 2. The SMILES string of the molecule is O=C(CC1NCCN(CC2CC2)C1=O)N1CCCC1. The summed E-state index contributed by atoms with van der Waals surface area (Å²) >= 11 is 0. The van der Waals surface area contributed by atoms with Gasteiger partial charge in [-0.15, -0.1) is 0 Å². The van der Waals surface area contributed by atoms with Crippen molar-refractivity contribution in [2.45, 2.75) is 38.1 Å². The molecule has 1 saturated carbocycles. The maximum Gasteiger partial charge on any atom is 0.240 e. The van der Waals surface area contributed by atoms with Crippen LogP contribution in [-0.4, -0.2) is 60.4 Å². The Morgan fingerprint density at radius 1 is 1.21 bits per heavy atom. The topological polar surface area (TPSA) is 52.7 Å². The van der Waals surface area contributed by atoms with E-state index in [1.165, 1.54) is 12.8 Å². The van der Waals surface area contributed by atoms with Gasteiger partial charge in [-0.1, -0.05) is 0 Å². The second-order valence-electron chi connectivity index (χ2n) is 6.03. The zero-order valence-corrected chi connectivity index (χ0v) is 11.4. The largest absolute Gasteiger partial charge is 0.343 e. The fourth-order valence-corrected chi connectivity index (χ4v) is 3.01. The third-order valence-electron chi connectivity index (χ3n) is 4.40. The summed E-state index contributed by atoms with van der Waals surface area (Å²) < 4.78 is 0. The lowest BCUT2D eigenvalue weighted by Gasteiger charge is -2.33. The average Bonchev–Trinajstić information content (AvgIpc) is 3.05. The Morgan fingerprint density at radius 2 is 1.95 bits per heavy atom. The summed E-state index contributed by atoms with van der Waals surface area (Å²) in [5.74, 6) is 0.985. The third kappa shape index (κ3) is 3.08. The van der Waals surface area contributed by atoms with Gasteiger partial charge in [0.25, 0.3) is 0 Å².